The summed E-state index contributed by atoms with van der Waals surface area (Å²) in [5.74, 6) is 0.0601. The van der Waals surface area contributed by atoms with Crippen LogP contribution in [0.3, 0.4) is 0 Å². The molecule has 1 aliphatic rings. The monoisotopic (exact) mass is 774 g/mol. The quantitative estimate of drug-likeness (QED) is 0.0944. The minimum Gasteiger partial charge on any atom is -0.388 e. The highest BCUT2D eigenvalue weighted by Crippen LogP contribution is 2.28. The number of likely N-dealkylation sites (tertiary alicyclic amines) is 1. The van der Waals surface area contributed by atoms with Crippen LogP contribution in [0.1, 0.15) is 79.3 Å². The Morgan fingerprint density at radius 2 is 1.49 bits per heavy atom. The Balaban J connectivity index is 0.917. The number of nitrogens with one attached hydrogen (secondary N) is 3. The number of nitrogens with zero attached hydrogens (tertiary/aromatic N) is 5. The molecular formula is C44H54N8O5. The largest absolute Gasteiger partial charge is 0.388 e. The SMILES string of the molecule is CC(CC(=O)N1CCC(O)(Cn2cnc3c(-c4ccc(CNCC(=O)NCCCCCCNC(=O)c5ccccc5)cc4)n(C)nc3c2=O)CC1)c1ccccc1. The van der Waals surface area contributed by atoms with E-state index in [4.69, 9.17) is 0 Å². The van der Waals surface area contributed by atoms with Crippen LogP contribution in [-0.4, -0.2) is 85.4 Å². The summed E-state index contributed by atoms with van der Waals surface area (Å²) < 4.78 is 3.08. The molecule has 13 nitrogen and oxygen atoms in total. The summed E-state index contributed by atoms with van der Waals surface area (Å²) in [4.78, 5) is 57.5. The second-order valence-electron chi connectivity index (χ2n) is 15.2. The molecule has 6 rings (SSSR count). The number of fused-ring (bicyclic) bond motifs is 1. The van der Waals surface area contributed by atoms with Gasteiger partial charge >= 0.3 is 0 Å². The predicted octanol–water partition coefficient (Wildman–Crippen LogP) is 4.54. The topological polar surface area (TPSA) is 163 Å². The van der Waals surface area contributed by atoms with Crippen LogP contribution >= 0.6 is 0 Å². The normalized spacial score (nSPS) is 14.3. The lowest BCUT2D eigenvalue weighted by atomic mass is 9.90. The van der Waals surface area contributed by atoms with Gasteiger partial charge in [-0.05, 0) is 54.9 Å². The molecule has 1 unspecified atom stereocenters. The molecule has 1 fully saturated rings. The fraction of sp³-hybridized carbons (Fsp3) is 0.409. The number of unbranched alkanes of at least 4 members (excludes halogenated alkanes) is 3. The first-order valence-electron chi connectivity index (χ1n) is 20.0. The molecule has 0 saturated carbocycles. The first-order valence-corrected chi connectivity index (χ1v) is 20.0. The number of rotatable bonds is 18. The number of carbonyl (C=O) groups is 3. The van der Waals surface area contributed by atoms with Gasteiger partial charge in [-0.2, -0.15) is 5.10 Å². The molecule has 0 radical (unpaired) electrons. The van der Waals surface area contributed by atoms with Gasteiger partial charge in [0.1, 0.15) is 5.52 Å². The van der Waals surface area contributed by atoms with Crippen molar-refractivity contribution in [2.24, 2.45) is 7.05 Å². The minimum absolute atomic E-state index is 0.0551. The van der Waals surface area contributed by atoms with Crippen molar-refractivity contribution in [3.8, 4) is 11.3 Å². The smallest absolute Gasteiger partial charge is 0.281 e. The van der Waals surface area contributed by atoms with Crippen molar-refractivity contribution in [1.29, 1.82) is 0 Å². The Kier molecular flexibility index (Phi) is 14.0. The fourth-order valence-electron chi connectivity index (χ4n) is 7.36. The van der Waals surface area contributed by atoms with Crippen molar-refractivity contribution in [2.45, 2.75) is 76.5 Å². The Hall–Kier alpha value is -5.66. The van der Waals surface area contributed by atoms with E-state index in [1.165, 1.54) is 10.9 Å². The maximum absolute atomic E-state index is 13.6. The van der Waals surface area contributed by atoms with E-state index in [9.17, 15) is 24.3 Å². The van der Waals surface area contributed by atoms with Gasteiger partial charge in [0, 0.05) is 57.3 Å². The molecule has 3 aromatic carbocycles. The molecule has 0 aliphatic carbocycles. The highest BCUT2D eigenvalue weighted by atomic mass is 16.3. The summed E-state index contributed by atoms with van der Waals surface area (Å²) in [5, 5.41) is 25.1. The van der Waals surface area contributed by atoms with Crippen LogP contribution in [0.25, 0.3) is 22.3 Å². The number of hydrogen-bond donors (Lipinski definition) is 4. The standard InChI is InChI=1S/C44H54N8O5/c1-32(34-13-7-5-8-14-34)27-38(54)51-25-21-44(57,22-26-51)30-52-31-48-39-40(43(52)56)49-50(2)41(39)35-19-17-33(18-20-35)28-45-29-37(53)46-23-11-3-4-12-24-47-42(55)36-15-9-6-10-16-36/h5-10,13-20,31-32,45,57H,3-4,11-12,21-30H2,1-2H3,(H,46,53)(H,47,55). The predicted molar refractivity (Wildman–Crippen MR) is 220 cm³/mol. The third-order valence-corrected chi connectivity index (χ3v) is 10.8. The number of piperidine rings is 1. The van der Waals surface area contributed by atoms with Crippen LogP contribution in [0.5, 0.6) is 0 Å². The lowest BCUT2D eigenvalue weighted by Crippen LogP contribution is -2.49. The molecular weight excluding hydrogens is 721 g/mol. The lowest BCUT2D eigenvalue weighted by molar-refractivity contribution is -0.136. The van der Waals surface area contributed by atoms with Crippen molar-refractivity contribution in [1.82, 2.24) is 40.2 Å². The van der Waals surface area contributed by atoms with E-state index in [2.05, 4.69) is 33.0 Å². The molecule has 5 aromatic rings. The van der Waals surface area contributed by atoms with Crippen LogP contribution < -0.4 is 21.5 Å². The van der Waals surface area contributed by atoms with Crippen molar-refractivity contribution in [2.75, 3.05) is 32.7 Å². The molecule has 0 spiro atoms. The number of benzene rings is 3. The van der Waals surface area contributed by atoms with E-state index >= 15 is 0 Å². The van der Waals surface area contributed by atoms with Crippen LogP contribution in [0.2, 0.25) is 0 Å². The molecule has 1 atom stereocenters. The van der Waals surface area contributed by atoms with Gasteiger partial charge in [0.2, 0.25) is 11.8 Å². The average Bonchev–Trinajstić information content (AvgIpc) is 3.57. The molecule has 3 amide bonds. The first kappa shape index (κ1) is 41.0. The second kappa shape index (κ2) is 19.5. The van der Waals surface area contributed by atoms with E-state index in [0.717, 1.165) is 42.4 Å². The molecule has 300 valence electrons. The molecule has 0 bridgehead atoms. The lowest BCUT2D eigenvalue weighted by Gasteiger charge is -2.38. The maximum atomic E-state index is 13.6. The van der Waals surface area contributed by atoms with Gasteiger partial charge in [0.25, 0.3) is 11.5 Å². The van der Waals surface area contributed by atoms with Gasteiger partial charge in [0.05, 0.1) is 30.7 Å². The van der Waals surface area contributed by atoms with Crippen molar-refractivity contribution < 1.29 is 19.5 Å². The average molecular weight is 775 g/mol. The number of carbonyl (C=O) groups excluding carboxylic acids is 3. The Morgan fingerprint density at radius 3 is 2.18 bits per heavy atom. The zero-order valence-corrected chi connectivity index (χ0v) is 33.0. The summed E-state index contributed by atoms with van der Waals surface area (Å²) in [6, 6.07) is 27.0. The zero-order valence-electron chi connectivity index (χ0n) is 33.0. The highest BCUT2D eigenvalue weighted by Gasteiger charge is 2.35. The number of aromatic nitrogens is 4. The van der Waals surface area contributed by atoms with Gasteiger partial charge in [-0.3, -0.25) is 28.4 Å². The third-order valence-electron chi connectivity index (χ3n) is 10.8. The Morgan fingerprint density at radius 1 is 0.842 bits per heavy atom. The van der Waals surface area contributed by atoms with E-state index in [0.29, 0.717) is 68.8 Å². The number of aliphatic hydroxyl groups is 1. The van der Waals surface area contributed by atoms with Crippen LogP contribution in [0.15, 0.2) is 96.1 Å². The Labute approximate surface area is 333 Å². The molecule has 3 heterocycles. The van der Waals surface area contributed by atoms with Gasteiger partial charge in [-0.15, -0.1) is 0 Å². The summed E-state index contributed by atoms with van der Waals surface area (Å²) in [6.45, 7) is 4.94. The molecule has 1 aliphatic heterocycles. The summed E-state index contributed by atoms with van der Waals surface area (Å²) in [6.07, 6.45) is 6.34. The van der Waals surface area contributed by atoms with Gasteiger partial charge in [-0.25, -0.2) is 4.98 Å². The molecule has 4 N–H and O–H groups in total. The number of amides is 3. The van der Waals surface area contributed by atoms with Crippen molar-refractivity contribution in [3.63, 3.8) is 0 Å². The zero-order chi connectivity index (χ0) is 40.2. The van der Waals surface area contributed by atoms with Crippen molar-refractivity contribution >= 4 is 28.8 Å². The molecule has 13 heteroatoms. The summed E-state index contributed by atoms with van der Waals surface area (Å²) in [7, 11) is 1.78. The fourth-order valence-corrected chi connectivity index (χ4v) is 7.36. The number of hydrogen-bond acceptors (Lipinski definition) is 8. The van der Waals surface area contributed by atoms with Crippen molar-refractivity contribution in [3.05, 3.63) is 118 Å². The molecule has 57 heavy (non-hydrogen) atoms. The van der Waals surface area contributed by atoms with Gasteiger partial charge < -0.3 is 26.0 Å². The summed E-state index contributed by atoms with van der Waals surface area (Å²) >= 11 is 0. The van der Waals surface area contributed by atoms with Gasteiger partial charge in [-0.1, -0.05) is 92.6 Å². The number of aryl methyl sites for hydroxylation is 1. The van der Waals surface area contributed by atoms with E-state index in [-0.39, 0.29) is 47.8 Å². The minimum atomic E-state index is -1.14. The van der Waals surface area contributed by atoms with Gasteiger partial charge in [0.15, 0.2) is 5.52 Å². The van der Waals surface area contributed by atoms with E-state index in [1.54, 1.807) is 23.9 Å². The third kappa shape index (κ3) is 11.0. The highest BCUT2D eigenvalue weighted by molar-refractivity contribution is 5.94. The van der Waals surface area contributed by atoms with E-state index in [1.807, 2.05) is 77.7 Å². The molecule has 2 aromatic heterocycles. The maximum Gasteiger partial charge on any atom is 0.281 e. The van der Waals surface area contributed by atoms with Crippen LogP contribution in [0, 0.1) is 0 Å². The molecule has 1 saturated heterocycles. The second-order valence-corrected chi connectivity index (χ2v) is 15.2. The summed E-state index contributed by atoms with van der Waals surface area (Å²) in [5.41, 5.74) is 3.59. The van der Waals surface area contributed by atoms with Crippen LogP contribution in [-0.2, 0) is 29.7 Å². The Bertz CT molecular complexity index is 2160. The first-order chi connectivity index (χ1) is 27.6. The van der Waals surface area contributed by atoms with E-state index < -0.39 is 5.60 Å². The van der Waals surface area contributed by atoms with Crippen LogP contribution in [0.4, 0.5) is 0 Å².